The number of aliphatic imine (C=N–C) groups is 1. The lowest BCUT2D eigenvalue weighted by atomic mass is 10.0. The van der Waals surface area contributed by atoms with Crippen molar-refractivity contribution in [2.24, 2.45) is 4.99 Å². The second-order valence-corrected chi connectivity index (χ2v) is 9.35. The highest BCUT2D eigenvalue weighted by molar-refractivity contribution is 7.89. The normalized spacial score (nSPS) is 18.0. The number of fused-ring (bicyclic) bond motifs is 1. The fourth-order valence-corrected chi connectivity index (χ4v) is 5.39. The maximum atomic E-state index is 13.5. The van der Waals surface area contributed by atoms with Crippen LogP contribution in [0.2, 0.25) is 0 Å². The number of anilines is 1. The van der Waals surface area contributed by atoms with Crippen LogP contribution in [0, 0.1) is 0 Å². The standard InChI is InChI=1S/C23H25N3O5S/c1-3-14-31-23(27)25-13-7-10-18-15-19(11-12-21(18)25)32(28,29)26-16-20(24-22(26)30-2)17-8-5-4-6-9-17/h3-6,8-9,11-12,15,20H,1,7,10,13-14,16H2,2H3. The summed E-state index contributed by atoms with van der Waals surface area (Å²) in [5, 5.41) is 0. The molecule has 0 N–H and O–H groups in total. The van der Waals surface area contributed by atoms with E-state index in [-0.39, 0.29) is 30.1 Å². The fraction of sp³-hybridized carbons (Fsp3) is 0.304. The molecule has 0 radical (unpaired) electrons. The SMILES string of the molecule is C=CCOC(=O)N1CCCc2cc(S(=O)(=O)N3CC(c4ccccc4)N=C3OC)ccc21. The Hall–Kier alpha value is -3.33. The number of rotatable bonds is 5. The van der Waals surface area contributed by atoms with Gasteiger partial charge >= 0.3 is 12.1 Å². The van der Waals surface area contributed by atoms with E-state index >= 15 is 0 Å². The van der Waals surface area contributed by atoms with Crippen molar-refractivity contribution in [2.45, 2.75) is 23.8 Å². The molecule has 2 aromatic rings. The largest absolute Gasteiger partial charge is 0.468 e. The van der Waals surface area contributed by atoms with Crippen molar-refractivity contribution >= 4 is 27.8 Å². The average molecular weight is 456 g/mol. The Morgan fingerprint density at radius 3 is 2.75 bits per heavy atom. The molecule has 0 saturated heterocycles. The number of benzene rings is 2. The number of hydrogen-bond donors (Lipinski definition) is 0. The molecule has 0 saturated carbocycles. The Bertz CT molecular complexity index is 1150. The Kier molecular flexibility index (Phi) is 6.18. The van der Waals surface area contributed by atoms with Gasteiger partial charge in [-0.15, -0.1) is 0 Å². The number of aryl methyl sites for hydroxylation is 1. The lowest BCUT2D eigenvalue weighted by Gasteiger charge is -2.29. The second kappa shape index (κ2) is 9.04. The molecule has 1 amide bonds. The van der Waals surface area contributed by atoms with Crippen LogP contribution in [0.5, 0.6) is 0 Å². The number of amides is 1. The number of nitrogens with zero attached hydrogens (tertiary/aromatic N) is 3. The molecule has 0 aromatic heterocycles. The highest BCUT2D eigenvalue weighted by Gasteiger charge is 2.37. The highest BCUT2D eigenvalue weighted by Crippen LogP contribution is 2.33. The summed E-state index contributed by atoms with van der Waals surface area (Å²) in [4.78, 5) is 18.5. The molecule has 2 aliphatic rings. The third-order valence-electron chi connectivity index (χ3n) is 5.49. The van der Waals surface area contributed by atoms with Crippen LogP contribution in [-0.4, -0.2) is 51.6 Å². The van der Waals surface area contributed by atoms with Gasteiger partial charge in [0.1, 0.15) is 6.61 Å². The van der Waals surface area contributed by atoms with Crippen molar-refractivity contribution in [3.63, 3.8) is 0 Å². The van der Waals surface area contributed by atoms with Gasteiger partial charge in [0.2, 0.25) is 0 Å². The van der Waals surface area contributed by atoms with Crippen LogP contribution in [0.4, 0.5) is 10.5 Å². The molecule has 0 bridgehead atoms. The molecule has 9 heteroatoms. The number of methoxy groups -OCH3 is 1. The molecule has 8 nitrogen and oxygen atoms in total. The summed E-state index contributed by atoms with van der Waals surface area (Å²) in [7, 11) is -2.49. The van der Waals surface area contributed by atoms with Crippen LogP contribution in [0.15, 0.2) is 71.1 Å². The first-order valence-corrected chi connectivity index (χ1v) is 11.8. The Morgan fingerprint density at radius 1 is 1.25 bits per heavy atom. The van der Waals surface area contributed by atoms with Gasteiger partial charge in [-0.1, -0.05) is 43.0 Å². The smallest absolute Gasteiger partial charge is 0.414 e. The predicted octanol–water partition coefficient (Wildman–Crippen LogP) is 3.51. The molecule has 0 spiro atoms. The number of carbonyl (C=O) groups excluding carboxylic acids is 1. The van der Waals surface area contributed by atoms with Gasteiger partial charge in [-0.25, -0.2) is 22.5 Å². The van der Waals surface area contributed by atoms with Gasteiger partial charge in [0.05, 0.1) is 30.3 Å². The maximum Gasteiger partial charge on any atom is 0.414 e. The van der Waals surface area contributed by atoms with Gasteiger partial charge < -0.3 is 9.47 Å². The van der Waals surface area contributed by atoms with E-state index in [1.54, 1.807) is 12.1 Å². The molecule has 0 fully saturated rings. The Morgan fingerprint density at radius 2 is 2.03 bits per heavy atom. The second-order valence-electron chi connectivity index (χ2n) is 7.49. The lowest BCUT2D eigenvalue weighted by molar-refractivity contribution is 0.165. The van der Waals surface area contributed by atoms with E-state index in [4.69, 9.17) is 9.47 Å². The van der Waals surface area contributed by atoms with Crippen LogP contribution in [0.1, 0.15) is 23.6 Å². The van der Waals surface area contributed by atoms with E-state index in [0.29, 0.717) is 25.1 Å². The van der Waals surface area contributed by atoms with E-state index in [0.717, 1.165) is 11.1 Å². The molecular weight excluding hydrogens is 430 g/mol. The van der Waals surface area contributed by atoms with Gasteiger partial charge in [0, 0.05) is 6.54 Å². The van der Waals surface area contributed by atoms with Crippen LogP contribution < -0.4 is 4.90 Å². The first-order valence-electron chi connectivity index (χ1n) is 10.3. The predicted molar refractivity (Wildman–Crippen MR) is 121 cm³/mol. The third kappa shape index (κ3) is 4.08. The van der Waals surface area contributed by atoms with E-state index in [1.165, 1.54) is 28.5 Å². The number of amidine groups is 1. The van der Waals surface area contributed by atoms with Crippen molar-refractivity contribution in [1.82, 2.24) is 4.31 Å². The van der Waals surface area contributed by atoms with Gasteiger partial charge in [0.15, 0.2) is 0 Å². The number of carbonyl (C=O) groups is 1. The van der Waals surface area contributed by atoms with Gasteiger partial charge in [-0.2, -0.15) is 0 Å². The van der Waals surface area contributed by atoms with Gasteiger partial charge in [-0.05, 0) is 42.2 Å². The zero-order chi connectivity index (χ0) is 22.7. The minimum atomic E-state index is -3.90. The first-order chi connectivity index (χ1) is 15.5. The van der Waals surface area contributed by atoms with Crippen LogP contribution in [-0.2, 0) is 25.9 Å². The summed E-state index contributed by atoms with van der Waals surface area (Å²) >= 11 is 0. The molecule has 4 rings (SSSR count). The van der Waals surface area contributed by atoms with Crippen LogP contribution >= 0.6 is 0 Å². The van der Waals surface area contributed by atoms with Gasteiger partial charge in [-0.3, -0.25) is 4.90 Å². The van der Waals surface area contributed by atoms with Crippen LogP contribution in [0.25, 0.3) is 0 Å². The van der Waals surface area contributed by atoms with E-state index in [9.17, 15) is 13.2 Å². The van der Waals surface area contributed by atoms with Crippen molar-refractivity contribution in [2.75, 3.05) is 31.7 Å². The summed E-state index contributed by atoms with van der Waals surface area (Å²) in [5.74, 6) is 0. The molecule has 2 heterocycles. The minimum Gasteiger partial charge on any atom is -0.468 e. The van der Waals surface area contributed by atoms with Gasteiger partial charge in [0.25, 0.3) is 10.0 Å². The summed E-state index contributed by atoms with van der Waals surface area (Å²) < 4.78 is 38.6. The van der Waals surface area contributed by atoms with E-state index < -0.39 is 16.1 Å². The molecule has 32 heavy (non-hydrogen) atoms. The lowest BCUT2D eigenvalue weighted by Crippen LogP contribution is -2.37. The molecule has 168 valence electrons. The summed E-state index contributed by atoms with van der Waals surface area (Å²) in [6.45, 7) is 4.34. The van der Waals surface area contributed by atoms with Crippen LogP contribution in [0.3, 0.4) is 0 Å². The quantitative estimate of drug-likeness (QED) is 0.644. The van der Waals surface area contributed by atoms with Crippen molar-refractivity contribution in [1.29, 1.82) is 0 Å². The first kappa shape index (κ1) is 21.9. The monoisotopic (exact) mass is 455 g/mol. The third-order valence-corrected chi connectivity index (χ3v) is 7.22. The summed E-state index contributed by atoms with van der Waals surface area (Å²) in [5.41, 5.74) is 2.36. The summed E-state index contributed by atoms with van der Waals surface area (Å²) in [6.07, 6.45) is 2.42. The van der Waals surface area contributed by atoms with Crippen molar-refractivity contribution in [3.8, 4) is 0 Å². The maximum absolute atomic E-state index is 13.5. The zero-order valence-corrected chi connectivity index (χ0v) is 18.6. The average Bonchev–Trinajstić information content (AvgIpc) is 3.28. The molecule has 1 unspecified atom stereocenters. The minimum absolute atomic E-state index is 0.0613. The number of ether oxygens (including phenoxy) is 2. The fourth-order valence-electron chi connectivity index (χ4n) is 3.94. The Labute approximate surface area is 187 Å². The molecule has 2 aromatic carbocycles. The molecule has 1 atom stereocenters. The molecule has 0 aliphatic carbocycles. The van der Waals surface area contributed by atoms with Crippen molar-refractivity contribution in [3.05, 3.63) is 72.3 Å². The molecule has 2 aliphatic heterocycles. The summed E-state index contributed by atoms with van der Waals surface area (Å²) in [6, 6.07) is 14.0. The molecular formula is C23H25N3O5S. The van der Waals surface area contributed by atoms with Crippen molar-refractivity contribution < 1.29 is 22.7 Å². The highest BCUT2D eigenvalue weighted by atomic mass is 32.2. The number of hydrogen-bond acceptors (Lipinski definition) is 6. The topological polar surface area (TPSA) is 88.5 Å². The van der Waals surface area contributed by atoms with E-state index in [2.05, 4.69) is 11.6 Å². The zero-order valence-electron chi connectivity index (χ0n) is 17.8. The van der Waals surface area contributed by atoms with E-state index in [1.807, 2.05) is 30.3 Å². The number of sulfonamides is 1. The Balaban J connectivity index is 1.61.